The van der Waals surface area contributed by atoms with Crippen molar-refractivity contribution in [3.8, 4) is 0 Å². The lowest BCUT2D eigenvalue weighted by molar-refractivity contribution is -0.161. The Morgan fingerprint density at radius 3 is 1.17 bits per heavy atom. The third kappa shape index (κ3) is 25.5. The highest BCUT2D eigenvalue weighted by atomic mass is 79.9. The van der Waals surface area contributed by atoms with Crippen LogP contribution in [0.3, 0.4) is 0 Å². The number of aliphatic carboxylic acids is 1. The highest BCUT2D eigenvalue weighted by molar-refractivity contribution is 9.10. The van der Waals surface area contributed by atoms with Crippen LogP contribution in [0.2, 0.25) is 0 Å². The van der Waals surface area contributed by atoms with Crippen LogP contribution < -0.4 is 15.9 Å². The summed E-state index contributed by atoms with van der Waals surface area (Å²) in [4.78, 5) is 43.6. The van der Waals surface area contributed by atoms with Crippen molar-refractivity contribution in [2.24, 2.45) is 59.0 Å². The van der Waals surface area contributed by atoms with E-state index in [4.69, 9.17) is 24.9 Å². The quantitative estimate of drug-likeness (QED) is 0.0328. The summed E-state index contributed by atoms with van der Waals surface area (Å²) in [5.41, 5.74) is 23.1. The molecule has 14 atom stereocenters. The summed E-state index contributed by atoms with van der Waals surface area (Å²) in [5.74, 6) is 2.35. The summed E-state index contributed by atoms with van der Waals surface area (Å²) in [6.45, 7) is 45.0. The molecular weight excluding hydrogens is 1390 g/mol. The molecule has 0 spiro atoms. The molecule has 0 radical (unpaired) electrons. The van der Waals surface area contributed by atoms with E-state index in [0.29, 0.717) is 53.6 Å². The van der Waals surface area contributed by atoms with Gasteiger partial charge in [-0.1, -0.05) is 176 Å². The molecule has 572 valence electrons. The molecule has 20 heteroatoms. The molecule has 10 rings (SSSR count). The van der Waals surface area contributed by atoms with Crippen LogP contribution in [0, 0.1) is 94.8 Å². The fourth-order valence-electron chi connectivity index (χ4n) is 15.3. The Hall–Kier alpha value is -3.74. The molecule has 6 aliphatic heterocycles. The number of ether oxygens (including phenoxy) is 2. The Morgan fingerprint density at radius 1 is 0.535 bits per heavy atom. The topological polar surface area (TPSA) is 224 Å². The molecular formula is C81H135BrN6O10P2S. The lowest BCUT2D eigenvalue weighted by Gasteiger charge is -2.47. The number of carbonyl (C=O) groups excluding carboxylic acids is 2. The third-order valence-corrected chi connectivity index (χ3v) is 23.3. The van der Waals surface area contributed by atoms with Crippen molar-refractivity contribution >= 4 is 62.7 Å². The van der Waals surface area contributed by atoms with Gasteiger partial charge in [-0.2, -0.15) is 8.42 Å². The van der Waals surface area contributed by atoms with E-state index in [-0.39, 0.29) is 81.2 Å². The first kappa shape index (κ1) is 91.5. The van der Waals surface area contributed by atoms with Gasteiger partial charge in [0.25, 0.3) is 10.1 Å². The number of halogens is 1. The van der Waals surface area contributed by atoms with Crippen molar-refractivity contribution in [1.82, 2.24) is 24.9 Å². The first-order chi connectivity index (χ1) is 45.9. The number of carboxylic acids is 1. The van der Waals surface area contributed by atoms with Gasteiger partial charge in [0.05, 0.1) is 11.0 Å². The minimum atomic E-state index is -4.04. The fraction of sp³-hybridized carbons (Fsp3) is 0.667. The van der Waals surface area contributed by atoms with E-state index in [1.807, 2.05) is 27.7 Å². The van der Waals surface area contributed by atoms with Crippen LogP contribution in [0.15, 0.2) is 70.0 Å². The largest absolute Gasteiger partial charge is 0.480 e. The Morgan fingerprint density at radius 2 is 0.861 bits per heavy atom. The minimum absolute atomic E-state index is 0. The van der Waals surface area contributed by atoms with Crippen molar-refractivity contribution in [1.29, 1.82) is 0 Å². The summed E-state index contributed by atoms with van der Waals surface area (Å²) in [5, 5.41) is 24.7. The number of nitrogens with two attached hydrogens (primary N) is 1. The molecule has 0 saturated carbocycles. The molecule has 6 heterocycles. The van der Waals surface area contributed by atoms with Crippen LogP contribution in [0.5, 0.6) is 0 Å². The molecule has 0 bridgehead atoms. The maximum atomic E-state index is 12.9. The molecule has 0 aromatic heterocycles. The number of hydrogen-bond donors (Lipinski definition) is 6. The first-order valence-electron chi connectivity index (χ1n) is 36.2. The second kappa shape index (κ2) is 41.4. The fourth-order valence-corrected chi connectivity index (χ4v) is 17.1. The predicted octanol–water partition coefficient (Wildman–Crippen LogP) is 16.5. The Bertz CT molecular complexity index is 3390. The van der Waals surface area contributed by atoms with E-state index in [0.717, 1.165) is 102 Å². The summed E-state index contributed by atoms with van der Waals surface area (Å²) in [7, 11) is 0.641. The highest BCUT2D eigenvalue weighted by Gasteiger charge is 2.44. The molecule has 4 aromatic carbocycles. The molecule has 16 nitrogen and oxygen atoms in total. The average Bonchev–Trinajstić information content (AvgIpc) is 0.780. The van der Waals surface area contributed by atoms with Crippen LogP contribution in [0.1, 0.15) is 229 Å². The minimum Gasteiger partial charge on any atom is -0.480 e. The SMILES string of the molecule is C.C.C.CC(C)[C@H](NP)C(=O)O.Cc1cc2c(cc1C)[C@H]1C[C@@H](O)[C@H](CC(C)C)CN1CC2.Cc1cc2c(cc1C)[C@H]1C[C@@H](OC(=O)[C@@H](N)C(C)C)[C@H](CC(C)C)CN1CC2.Cc1cc2c(cc1C)[C@H]1C[C@@H](OC(=O)[C@@H](NP)C(C)C)[C@H](CC(C)C)CN1CC2.O=S(=O)(O)c1ccc(Br)cc1. The number of carbonyl (C=O) groups is 3. The molecule has 0 aliphatic carbocycles. The summed E-state index contributed by atoms with van der Waals surface area (Å²) < 4.78 is 42.5. The van der Waals surface area contributed by atoms with Gasteiger partial charge >= 0.3 is 17.9 Å². The van der Waals surface area contributed by atoms with Gasteiger partial charge in [-0.25, -0.2) is 0 Å². The lowest BCUT2D eigenvalue weighted by atomic mass is 9.78. The summed E-state index contributed by atoms with van der Waals surface area (Å²) in [6.07, 6.45) is 9.22. The van der Waals surface area contributed by atoms with Gasteiger partial charge < -0.3 is 25.4 Å². The predicted molar refractivity (Wildman–Crippen MR) is 428 cm³/mol. The van der Waals surface area contributed by atoms with Crippen LogP contribution in [-0.4, -0.2) is 131 Å². The van der Waals surface area contributed by atoms with Crippen LogP contribution in [0.25, 0.3) is 0 Å². The number of esters is 2. The van der Waals surface area contributed by atoms with Crippen molar-refractivity contribution < 1.29 is 47.0 Å². The zero-order valence-corrected chi connectivity index (χ0v) is 67.0. The van der Waals surface area contributed by atoms with Crippen LogP contribution in [0.4, 0.5) is 0 Å². The molecule has 3 fully saturated rings. The van der Waals surface area contributed by atoms with Crippen LogP contribution in [-0.2, 0) is 53.2 Å². The van der Waals surface area contributed by atoms with Gasteiger partial charge in [0, 0.05) is 86.5 Å². The van der Waals surface area contributed by atoms with E-state index in [1.54, 1.807) is 12.1 Å². The van der Waals surface area contributed by atoms with E-state index in [2.05, 4.69) is 193 Å². The molecule has 101 heavy (non-hydrogen) atoms. The van der Waals surface area contributed by atoms with Gasteiger partial charge in [0.2, 0.25) is 0 Å². The van der Waals surface area contributed by atoms with E-state index < -0.39 is 28.2 Å². The zero-order chi connectivity index (χ0) is 72.9. The van der Waals surface area contributed by atoms with E-state index in [9.17, 15) is 27.9 Å². The molecule has 6 aliphatic rings. The number of aliphatic hydroxyl groups is 1. The first-order valence-corrected chi connectivity index (χ1v) is 39.6. The molecule has 7 N–H and O–H groups in total. The number of nitrogens with one attached hydrogen (secondary N) is 2. The Balaban J connectivity index is 0.000000345. The molecule has 2 unspecified atom stereocenters. The number of aliphatic hydroxyl groups excluding tert-OH is 1. The standard InChI is InChI=1S/C24H39N2O2P.C24H38N2O2.C19H29NO.C6H5BrO3S.C5H12NO2P.3CH4/c1-14(2)9-19-13-26-8-7-18-10-16(5)17(6)11-20(18)21(26)12-22(19)28-24(27)23(25-29)15(3)4;1-14(2)9-19-13-26-8-7-18-10-16(5)17(6)11-20(18)21(26)12-22(19)28-24(27)23(25)15(3)4;1-12(2)7-16-11-20-6-5-15-8-13(3)14(4)9-17(15)18(20)10-19(16)21;7-5-1-3-6(4-2-5)11(8,9)10;1-3(2)4(6-9)5(7)8;;;/h10-11,14-15,19,21-23,25H,7-9,12-13,29H2,1-6H3;10-11,14-15,19,21-23H,7-9,12-13,25H2,1-6H3;8-9,12,16,18-19,21H,5-7,10-11H2,1-4H3;1-4H,(H,8,9,10);3-4,6H,9H2,1-2H3,(H,7,8);3*1H4/t2*19-,21-,22-,23+;16-,18-,19-;;4-;;;/m111.0.../s1. The van der Waals surface area contributed by atoms with E-state index >= 15 is 0 Å². The van der Waals surface area contributed by atoms with E-state index in [1.165, 1.54) is 78.9 Å². The third-order valence-electron chi connectivity index (χ3n) is 21.2. The smallest absolute Gasteiger partial charge is 0.323 e. The van der Waals surface area contributed by atoms with Gasteiger partial charge in [0.1, 0.15) is 30.3 Å². The monoisotopic (exact) mass is 1520 g/mol. The maximum Gasteiger partial charge on any atom is 0.323 e. The second-order valence-corrected chi connectivity index (χ2v) is 34.4. The van der Waals surface area contributed by atoms with Crippen molar-refractivity contribution in [3.05, 3.63) is 132 Å². The molecule has 4 aromatic rings. The Labute approximate surface area is 625 Å². The number of benzene rings is 4. The second-order valence-electron chi connectivity index (χ2n) is 31.4. The Kier molecular flexibility index (Phi) is 37.5. The lowest BCUT2D eigenvalue weighted by Crippen LogP contribution is -2.51. The zero-order valence-electron chi connectivity index (χ0n) is 62.3. The van der Waals surface area contributed by atoms with Gasteiger partial charge in [-0.15, -0.1) is 0 Å². The number of nitrogens with zero attached hydrogens (tertiary/aromatic N) is 3. The summed E-state index contributed by atoms with van der Waals surface area (Å²) >= 11 is 3.14. The molecule has 0 amide bonds. The van der Waals surface area contributed by atoms with Crippen LogP contribution >= 0.6 is 34.7 Å². The number of fused-ring (bicyclic) bond motifs is 9. The summed E-state index contributed by atoms with van der Waals surface area (Å²) in [6, 6.07) is 19.8. The molecule has 3 saturated heterocycles. The maximum absolute atomic E-state index is 12.9. The number of piperidine rings is 3. The van der Waals surface area contributed by atoms with Crippen molar-refractivity contribution in [2.45, 2.75) is 264 Å². The van der Waals surface area contributed by atoms with Crippen molar-refractivity contribution in [2.75, 3.05) is 39.3 Å². The number of hydrogen-bond acceptors (Lipinski definition) is 14. The van der Waals surface area contributed by atoms with Crippen molar-refractivity contribution in [3.63, 3.8) is 0 Å². The van der Waals surface area contributed by atoms with Gasteiger partial charge in [0.15, 0.2) is 0 Å². The highest BCUT2D eigenvalue weighted by Crippen LogP contribution is 2.45. The number of carboxylic acid groups (broad SMARTS) is 1. The average molecular weight is 1530 g/mol. The van der Waals surface area contributed by atoms with Gasteiger partial charge in [-0.3, -0.25) is 43.8 Å². The van der Waals surface area contributed by atoms with Gasteiger partial charge in [-0.05, 0) is 219 Å². The number of aryl methyl sites for hydroxylation is 6. The normalized spacial score (nSPS) is 23.2. The number of rotatable bonds is 17.